The minimum Gasteiger partial charge on any atom is -0.488 e. The minimum atomic E-state index is -0.415. The lowest BCUT2D eigenvalue weighted by molar-refractivity contribution is -0.122. The summed E-state index contributed by atoms with van der Waals surface area (Å²) in [4.78, 5) is 24.9. The predicted octanol–water partition coefficient (Wildman–Crippen LogP) is 4.08. The maximum atomic E-state index is 12.9. The van der Waals surface area contributed by atoms with E-state index < -0.39 is 6.03 Å². The summed E-state index contributed by atoms with van der Waals surface area (Å²) in [6.45, 7) is 2.37. The summed E-state index contributed by atoms with van der Waals surface area (Å²) < 4.78 is 19.3. The maximum absolute atomic E-state index is 12.9. The highest BCUT2D eigenvalue weighted by Crippen LogP contribution is 2.28. The van der Waals surface area contributed by atoms with E-state index in [1.807, 2.05) is 0 Å². The van der Waals surface area contributed by atoms with Gasteiger partial charge in [0.2, 0.25) is 0 Å². The van der Waals surface area contributed by atoms with E-state index >= 15 is 0 Å². The van der Waals surface area contributed by atoms with Crippen molar-refractivity contribution < 1.29 is 18.7 Å². The molecular weight excluding hydrogens is 403 g/mol. The first kappa shape index (κ1) is 18.1. The summed E-state index contributed by atoms with van der Waals surface area (Å²) in [6, 6.07) is 11.0. The smallest absolute Gasteiger partial charge is 0.328 e. The van der Waals surface area contributed by atoms with Crippen LogP contribution in [-0.4, -0.2) is 23.4 Å². The Labute approximate surface area is 158 Å². The lowest BCUT2D eigenvalue weighted by atomic mass is 10.2. The zero-order valence-electron chi connectivity index (χ0n) is 14.0. The molecule has 0 aromatic heterocycles. The summed E-state index contributed by atoms with van der Waals surface area (Å²) in [7, 11) is 0. The average molecular weight is 419 g/mol. The molecule has 0 unspecified atom stereocenters. The van der Waals surface area contributed by atoms with Crippen molar-refractivity contribution in [3.63, 3.8) is 0 Å². The van der Waals surface area contributed by atoms with Gasteiger partial charge >= 0.3 is 6.03 Å². The van der Waals surface area contributed by atoms with Gasteiger partial charge in [-0.3, -0.25) is 9.69 Å². The molecule has 0 aliphatic carbocycles. The second-order valence-corrected chi connectivity index (χ2v) is 6.50. The molecule has 0 radical (unpaired) electrons. The summed E-state index contributed by atoms with van der Waals surface area (Å²) in [5.41, 5.74) is 1.83. The van der Waals surface area contributed by atoms with Gasteiger partial charge < -0.3 is 10.1 Å². The lowest BCUT2D eigenvalue weighted by Gasteiger charge is -2.09. The molecule has 3 rings (SSSR count). The Morgan fingerprint density at radius 1 is 1.19 bits per heavy atom. The molecule has 134 valence electrons. The Bertz CT molecular complexity index is 881. The van der Waals surface area contributed by atoms with Crippen molar-refractivity contribution in [1.29, 1.82) is 0 Å². The van der Waals surface area contributed by atoms with Gasteiger partial charge in [0.25, 0.3) is 5.91 Å². The van der Waals surface area contributed by atoms with Gasteiger partial charge in [0, 0.05) is 6.54 Å². The van der Waals surface area contributed by atoms with E-state index in [9.17, 15) is 14.0 Å². The van der Waals surface area contributed by atoms with Crippen LogP contribution in [0.2, 0.25) is 0 Å². The standard InChI is InChI=1S/C19H16BrFN2O3/c1-2-23-18(24)16(22-19(23)25)10-13-5-8-17(15(20)9-13)26-11-12-3-6-14(21)7-4-12/h3-10H,2,11H2,1H3,(H,22,25)/b16-10+. The largest absolute Gasteiger partial charge is 0.488 e. The van der Waals surface area contributed by atoms with Crippen molar-refractivity contribution in [1.82, 2.24) is 10.2 Å². The van der Waals surface area contributed by atoms with Crippen molar-refractivity contribution >= 4 is 33.9 Å². The molecule has 1 aliphatic heterocycles. The normalized spacial score (nSPS) is 15.5. The zero-order valence-corrected chi connectivity index (χ0v) is 15.5. The van der Waals surface area contributed by atoms with Gasteiger partial charge in [0.15, 0.2) is 0 Å². The van der Waals surface area contributed by atoms with Crippen LogP contribution in [0.25, 0.3) is 6.08 Å². The number of benzene rings is 2. The van der Waals surface area contributed by atoms with E-state index in [4.69, 9.17) is 4.74 Å². The molecule has 1 fully saturated rings. The summed E-state index contributed by atoms with van der Waals surface area (Å²) in [5, 5.41) is 2.56. The first-order chi connectivity index (χ1) is 12.5. The quantitative estimate of drug-likeness (QED) is 0.587. The molecule has 1 aliphatic rings. The number of nitrogens with zero attached hydrogens (tertiary/aromatic N) is 1. The molecular formula is C19H16BrFN2O3. The van der Waals surface area contributed by atoms with Gasteiger partial charge in [-0.1, -0.05) is 18.2 Å². The highest BCUT2D eigenvalue weighted by Gasteiger charge is 2.31. The van der Waals surface area contributed by atoms with Crippen LogP contribution < -0.4 is 10.1 Å². The van der Waals surface area contributed by atoms with Crippen LogP contribution in [0, 0.1) is 5.82 Å². The van der Waals surface area contributed by atoms with Gasteiger partial charge in [-0.15, -0.1) is 0 Å². The number of ether oxygens (including phenoxy) is 1. The van der Waals surface area contributed by atoms with Crippen molar-refractivity contribution in [2.24, 2.45) is 0 Å². The van der Waals surface area contributed by atoms with Gasteiger partial charge in [-0.25, -0.2) is 9.18 Å². The number of amides is 3. The topological polar surface area (TPSA) is 58.6 Å². The third-order valence-electron chi connectivity index (χ3n) is 3.85. The van der Waals surface area contributed by atoms with Gasteiger partial charge in [-0.05, 0) is 64.3 Å². The molecule has 0 saturated carbocycles. The van der Waals surface area contributed by atoms with Crippen molar-refractivity contribution in [3.8, 4) is 5.75 Å². The Balaban J connectivity index is 1.71. The summed E-state index contributed by atoms with van der Waals surface area (Å²) >= 11 is 3.44. The molecule has 0 bridgehead atoms. The number of carbonyl (C=O) groups is 2. The molecule has 2 aromatic carbocycles. The lowest BCUT2D eigenvalue weighted by Crippen LogP contribution is -2.30. The van der Waals surface area contributed by atoms with E-state index in [0.717, 1.165) is 16.0 Å². The van der Waals surface area contributed by atoms with Crippen LogP contribution in [0.15, 0.2) is 52.6 Å². The Morgan fingerprint density at radius 2 is 1.92 bits per heavy atom. The van der Waals surface area contributed by atoms with E-state index in [-0.39, 0.29) is 17.4 Å². The number of urea groups is 1. The number of imide groups is 1. The fourth-order valence-electron chi connectivity index (χ4n) is 2.49. The van der Waals surface area contributed by atoms with E-state index in [1.54, 1.807) is 43.3 Å². The third-order valence-corrected chi connectivity index (χ3v) is 4.47. The first-order valence-electron chi connectivity index (χ1n) is 7.99. The zero-order chi connectivity index (χ0) is 18.7. The number of likely N-dealkylation sites (N-methyl/N-ethyl adjacent to an activating group) is 1. The van der Waals surface area contributed by atoms with Crippen molar-refractivity contribution in [2.75, 3.05) is 6.54 Å². The van der Waals surface area contributed by atoms with Gasteiger partial charge in [-0.2, -0.15) is 0 Å². The molecule has 7 heteroatoms. The molecule has 0 atom stereocenters. The van der Waals surface area contributed by atoms with Gasteiger partial charge in [0.05, 0.1) is 4.47 Å². The Hall–Kier alpha value is -2.67. The molecule has 0 spiro atoms. The number of hydrogen-bond donors (Lipinski definition) is 1. The van der Waals surface area contributed by atoms with Crippen LogP contribution in [0.1, 0.15) is 18.1 Å². The van der Waals surface area contributed by atoms with Crippen LogP contribution in [0.5, 0.6) is 5.75 Å². The SMILES string of the molecule is CCN1C(=O)N/C(=C/c2ccc(OCc3ccc(F)cc3)c(Br)c2)C1=O. The Kier molecular flexibility index (Phi) is 5.37. The van der Waals surface area contributed by atoms with Crippen LogP contribution in [-0.2, 0) is 11.4 Å². The van der Waals surface area contributed by atoms with E-state index in [0.29, 0.717) is 23.4 Å². The minimum absolute atomic E-state index is 0.240. The molecule has 1 saturated heterocycles. The van der Waals surface area contributed by atoms with Crippen molar-refractivity contribution in [3.05, 3.63) is 69.6 Å². The van der Waals surface area contributed by atoms with Crippen LogP contribution >= 0.6 is 15.9 Å². The van der Waals surface area contributed by atoms with E-state index in [1.165, 1.54) is 12.1 Å². The van der Waals surface area contributed by atoms with Gasteiger partial charge in [0.1, 0.15) is 23.9 Å². The second kappa shape index (κ2) is 7.70. The van der Waals surface area contributed by atoms with E-state index in [2.05, 4.69) is 21.2 Å². The molecule has 5 nitrogen and oxygen atoms in total. The maximum Gasteiger partial charge on any atom is 0.328 e. The summed E-state index contributed by atoms with van der Waals surface area (Å²) in [6.07, 6.45) is 1.62. The monoisotopic (exact) mass is 418 g/mol. The number of halogens is 2. The predicted molar refractivity (Wildman–Crippen MR) is 98.8 cm³/mol. The number of rotatable bonds is 5. The highest BCUT2D eigenvalue weighted by molar-refractivity contribution is 9.10. The molecule has 3 amide bonds. The molecule has 2 aromatic rings. The van der Waals surface area contributed by atoms with Crippen LogP contribution in [0.4, 0.5) is 9.18 Å². The number of hydrogen-bond acceptors (Lipinski definition) is 3. The fraction of sp³-hybridized carbons (Fsp3) is 0.158. The third kappa shape index (κ3) is 3.94. The fourth-order valence-corrected chi connectivity index (χ4v) is 3.00. The summed E-state index contributed by atoms with van der Waals surface area (Å²) in [5.74, 6) is -0.0128. The molecule has 1 N–H and O–H groups in total. The van der Waals surface area contributed by atoms with Crippen molar-refractivity contribution in [2.45, 2.75) is 13.5 Å². The highest BCUT2D eigenvalue weighted by atomic mass is 79.9. The van der Waals surface area contributed by atoms with Crippen LogP contribution in [0.3, 0.4) is 0 Å². The molecule has 26 heavy (non-hydrogen) atoms. The average Bonchev–Trinajstić information content (AvgIpc) is 2.88. The number of nitrogens with one attached hydrogen (secondary N) is 1. The second-order valence-electron chi connectivity index (χ2n) is 5.64. The molecule has 1 heterocycles. The first-order valence-corrected chi connectivity index (χ1v) is 8.78. The Morgan fingerprint density at radius 3 is 2.54 bits per heavy atom. The number of carbonyl (C=O) groups excluding carboxylic acids is 2.